The Kier molecular flexibility index (Phi) is 13.4. The lowest BCUT2D eigenvalue weighted by Crippen LogP contribution is -2.72. The zero-order valence-electron chi connectivity index (χ0n) is 38.6. The van der Waals surface area contributed by atoms with Gasteiger partial charge in [0.05, 0.1) is 0 Å². The highest BCUT2D eigenvalue weighted by atomic mass is 14.8. The fraction of sp³-hybridized carbons (Fsp3) is 1.00. The minimum atomic E-state index is 0.402. The molecule has 0 radical (unpaired) electrons. The van der Waals surface area contributed by atoms with E-state index < -0.39 is 0 Å². The predicted octanol–water partition coefficient (Wildman–Crippen LogP) is 16.4. The van der Waals surface area contributed by atoms with Crippen LogP contribution in [0.1, 0.15) is 213 Å². The Bertz CT molecular complexity index is 1150. The molecule has 0 heterocycles. The Morgan fingerprint density at radius 1 is 0.585 bits per heavy atom. The first kappa shape index (κ1) is 42.6. The third-order valence-corrected chi connectivity index (χ3v) is 21.8. The van der Waals surface area contributed by atoms with Gasteiger partial charge in [-0.1, -0.05) is 193 Å². The van der Waals surface area contributed by atoms with E-state index >= 15 is 0 Å². The van der Waals surface area contributed by atoms with Crippen molar-refractivity contribution in [1.82, 2.24) is 0 Å². The van der Waals surface area contributed by atoms with Crippen LogP contribution in [0.25, 0.3) is 0 Å². The maximum Gasteiger partial charge on any atom is -0.0212 e. The third-order valence-electron chi connectivity index (χ3n) is 21.8. The van der Waals surface area contributed by atoms with Gasteiger partial charge in [-0.05, 0) is 142 Å². The lowest BCUT2D eigenvalue weighted by molar-refractivity contribution is -0.295. The minimum Gasteiger partial charge on any atom is -0.0625 e. The lowest BCUT2D eigenvalue weighted by Gasteiger charge is -2.77. The van der Waals surface area contributed by atoms with Gasteiger partial charge in [-0.15, -0.1) is 0 Å². The molecule has 0 aliphatic heterocycles. The summed E-state index contributed by atoms with van der Waals surface area (Å²) in [6.07, 6.45) is 27.2. The second-order valence-electron chi connectivity index (χ2n) is 24.1. The van der Waals surface area contributed by atoms with Gasteiger partial charge in [0, 0.05) is 0 Å². The second kappa shape index (κ2) is 16.7. The Balaban J connectivity index is 1.33. The maximum absolute atomic E-state index is 2.91. The van der Waals surface area contributed by atoms with E-state index in [1.54, 1.807) is 0 Å². The molecule has 0 aromatic heterocycles. The molecule has 6 rings (SSSR count). The molecular formula is C53H96. The zero-order valence-corrected chi connectivity index (χ0v) is 38.6. The molecule has 0 spiro atoms. The SMILES string of the molecule is CC(CCC1CCCCC1)CC(C(C)CCC1CCCCC1)C1CCC(C)C2C(C)C3C(C)C4(C)C(C)C(C(C)C)C(C)CC4(C)C(C)C3(C)C(C)C12. The molecule has 0 bridgehead atoms. The summed E-state index contributed by atoms with van der Waals surface area (Å²) in [6, 6.07) is 0. The molecule has 0 saturated heterocycles. The van der Waals surface area contributed by atoms with Crippen molar-refractivity contribution in [2.24, 2.45) is 123 Å². The summed E-state index contributed by atoms with van der Waals surface area (Å²) in [5, 5.41) is 0. The summed E-state index contributed by atoms with van der Waals surface area (Å²) < 4.78 is 0. The van der Waals surface area contributed by atoms with Crippen LogP contribution < -0.4 is 0 Å². The van der Waals surface area contributed by atoms with E-state index in [2.05, 4.69) is 96.9 Å². The van der Waals surface area contributed by atoms with Gasteiger partial charge in [0.2, 0.25) is 0 Å². The van der Waals surface area contributed by atoms with Crippen molar-refractivity contribution in [3.05, 3.63) is 0 Å². The van der Waals surface area contributed by atoms with Gasteiger partial charge in [-0.2, -0.15) is 0 Å². The summed E-state index contributed by atoms with van der Waals surface area (Å²) in [7, 11) is 0. The van der Waals surface area contributed by atoms with Crippen LogP contribution in [0, 0.1) is 123 Å². The van der Waals surface area contributed by atoms with Crippen molar-refractivity contribution in [1.29, 1.82) is 0 Å². The van der Waals surface area contributed by atoms with Crippen LogP contribution in [0.5, 0.6) is 0 Å². The number of hydrogen-bond donors (Lipinski definition) is 0. The Morgan fingerprint density at radius 3 is 1.72 bits per heavy atom. The lowest BCUT2D eigenvalue weighted by atomic mass is 9.27. The highest BCUT2D eigenvalue weighted by Crippen LogP contribution is 2.78. The summed E-state index contributed by atoms with van der Waals surface area (Å²) >= 11 is 0. The van der Waals surface area contributed by atoms with Gasteiger partial charge < -0.3 is 0 Å². The maximum atomic E-state index is 2.91. The quantitative estimate of drug-likeness (QED) is 0.198. The van der Waals surface area contributed by atoms with E-state index in [9.17, 15) is 0 Å². The van der Waals surface area contributed by atoms with Crippen LogP contribution in [0.15, 0.2) is 0 Å². The van der Waals surface area contributed by atoms with E-state index in [0.29, 0.717) is 16.2 Å². The van der Waals surface area contributed by atoms with E-state index in [4.69, 9.17) is 0 Å². The van der Waals surface area contributed by atoms with Gasteiger partial charge >= 0.3 is 0 Å². The Morgan fingerprint density at radius 2 is 1.15 bits per heavy atom. The molecule has 0 aromatic carbocycles. The van der Waals surface area contributed by atoms with E-state index in [1.807, 2.05) is 0 Å². The molecule has 6 saturated carbocycles. The molecular weight excluding hydrogens is 637 g/mol. The number of fused-ring (bicyclic) bond motifs is 3. The fourth-order valence-electron chi connectivity index (χ4n) is 18.7. The number of hydrogen-bond acceptors (Lipinski definition) is 0. The summed E-state index contributed by atoms with van der Waals surface area (Å²) in [5.41, 5.74) is 1.22. The van der Waals surface area contributed by atoms with Crippen LogP contribution in [0.2, 0.25) is 0 Å². The average molecular weight is 733 g/mol. The fourth-order valence-corrected chi connectivity index (χ4v) is 18.7. The summed E-state index contributed by atoms with van der Waals surface area (Å²) in [5.74, 6) is 15.7. The molecule has 0 aromatic rings. The van der Waals surface area contributed by atoms with Gasteiger partial charge in [0.1, 0.15) is 0 Å². The summed E-state index contributed by atoms with van der Waals surface area (Å²) in [6.45, 7) is 38.7. The molecule has 6 fully saturated rings. The Labute approximate surface area is 334 Å². The highest BCUT2D eigenvalue weighted by molar-refractivity contribution is 5.20. The minimum absolute atomic E-state index is 0.402. The molecule has 0 amide bonds. The van der Waals surface area contributed by atoms with Crippen molar-refractivity contribution in [2.45, 2.75) is 213 Å². The third kappa shape index (κ3) is 7.35. The molecule has 6 aliphatic carbocycles. The molecule has 0 N–H and O–H groups in total. The van der Waals surface area contributed by atoms with Gasteiger partial charge in [0.25, 0.3) is 0 Å². The van der Waals surface area contributed by atoms with Crippen LogP contribution in [0.4, 0.5) is 0 Å². The molecule has 18 unspecified atom stereocenters. The van der Waals surface area contributed by atoms with Crippen LogP contribution in [-0.4, -0.2) is 0 Å². The van der Waals surface area contributed by atoms with Crippen molar-refractivity contribution >= 4 is 0 Å². The average Bonchev–Trinajstić information content (AvgIpc) is 3.13. The van der Waals surface area contributed by atoms with Crippen molar-refractivity contribution in [3.63, 3.8) is 0 Å². The monoisotopic (exact) mass is 733 g/mol. The van der Waals surface area contributed by atoms with Crippen LogP contribution in [0.3, 0.4) is 0 Å². The van der Waals surface area contributed by atoms with E-state index in [0.717, 1.165) is 107 Å². The Hall–Kier alpha value is 0. The second-order valence-corrected chi connectivity index (χ2v) is 24.1. The number of rotatable bonds is 11. The molecule has 18 atom stereocenters. The normalized spacial score (nSPS) is 48.7. The van der Waals surface area contributed by atoms with Crippen molar-refractivity contribution < 1.29 is 0 Å². The smallest absolute Gasteiger partial charge is 0.0212 e. The van der Waals surface area contributed by atoms with E-state index in [-0.39, 0.29) is 0 Å². The molecule has 53 heavy (non-hydrogen) atoms. The topological polar surface area (TPSA) is 0 Å². The van der Waals surface area contributed by atoms with Gasteiger partial charge in [-0.25, -0.2) is 0 Å². The van der Waals surface area contributed by atoms with E-state index in [1.165, 1.54) is 116 Å². The molecule has 6 aliphatic rings. The van der Waals surface area contributed by atoms with Crippen molar-refractivity contribution in [2.75, 3.05) is 0 Å². The first-order chi connectivity index (χ1) is 25.0. The first-order valence-corrected chi connectivity index (χ1v) is 25.0. The standard InChI is InChI=1S/C53H96/c1-33(2)47-37(6)32-51(12)42(11)52(13)39(8)49-45(30-27-36(5)48(49)38(7)50(52)41(10)53(51,14)40(47)9)46(35(4)26-29-44-23-19-16-20-24-44)31-34(3)25-28-43-21-17-15-18-22-43/h33-50H,15-32H2,1-14H3. The van der Waals surface area contributed by atoms with Crippen molar-refractivity contribution in [3.8, 4) is 0 Å². The molecule has 0 nitrogen and oxygen atoms in total. The van der Waals surface area contributed by atoms with Crippen LogP contribution >= 0.6 is 0 Å². The molecule has 0 heteroatoms. The predicted molar refractivity (Wildman–Crippen MR) is 233 cm³/mol. The van der Waals surface area contributed by atoms with Gasteiger partial charge in [-0.3, -0.25) is 0 Å². The van der Waals surface area contributed by atoms with Crippen LogP contribution in [-0.2, 0) is 0 Å². The molecule has 308 valence electrons. The highest BCUT2D eigenvalue weighted by Gasteiger charge is 2.73. The zero-order chi connectivity index (χ0) is 38.6. The van der Waals surface area contributed by atoms with Gasteiger partial charge in [0.15, 0.2) is 0 Å². The first-order valence-electron chi connectivity index (χ1n) is 25.0. The summed E-state index contributed by atoms with van der Waals surface area (Å²) in [4.78, 5) is 0. The largest absolute Gasteiger partial charge is 0.0625 e.